The maximum Gasteiger partial charge on any atom is 0.337 e. The zero-order chi connectivity index (χ0) is 36.7. The van der Waals surface area contributed by atoms with Crippen molar-refractivity contribution in [1.82, 2.24) is 5.32 Å². The number of Topliss-reactive ketones (excluding diaryl/α,β-unsaturated/α-hetero) is 3. The molecular formula is C38H57NO10. The molecule has 0 unspecified atom stereocenters. The molecule has 0 heterocycles. The predicted octanol–water partition coefficient (Wildman–Crippen LogP) is 4.83. The van der Waals surface area contributed by atoms with E-state index in [0.29, 0.717) is 43.6 Å². The summed E-state index contributed by atoms with van der Waals surface area (Å²) >= 11 is 0. The maximum atomic E-state index is 13.6. The number of benzene rings is 1. The van der Waals surface area contributed by atoms with Crippen LogP contribution in [0.3, 0.4) is 0 Å². The van der Waals surface area contributed by atoms with E-state index in [9.17, 15) is 44.4 Å². The molecule has 49 heavy (non-hydrogen) atoms. The van der Waals surface area contributed by atoms with E-state index in [1.807, 2.05) is 19.9 Å². The molecule has 0 radical (unpaired) electrons. The second-order valence-electron chi connectivity index (χ2n) is 12.8. The first-order chi connectivity index (χ1) is 23.4. The summed E-state index contributed by atoms with van der Waals surface area (Å²) in [5.41, 5.74) is -1.19. The van der Waals surface area contributed by atoms with Crippen molar-refractivity contribution in [3.05, 3.63) is 53.6 Å². The third kappa shape index (κ3) is 17.5. The zero-order valence-electron chi connectivity index (χ0n) is 29.5. The summed E-state index contributed by atoms with van der Waals surface area (Å²) in [7, 11) is 0. The Morgan fingerprint density at radius 2 is 1.47 bits per heavy atom. The fourth-order valence-corrected chi connectivity index (χ4v) is 5.24. The van der Waals surface area contributed by atoms with Crippen molar-refractivity contribution in [1.29, 1.82) is 0 Å². The number of aliphatic hydroxyl groups is 3. The lowest BCUT2D eigenvalue weighted by molar-refractivity contribution is -0.169. The first-order valence-electron chi connectivity index (χ1n) is 17.4. The summed E-state index contributed by atoms with van der Waals surface area (Å²) in [4.78, 5) is 62.7. The molecule has 11 heteroatoms. The van der Waals surface area contributed by atoms with Crippen molar-refractivity contribution in [3.63, 3.8) is 0 Å². The number of carboxylic acids is 1. The SMILES string of the molecule is CCCCCCCC(=O)CCCCCC/C=C/[C@H](C(=O)N[C@@H](Cc1ccc(OCC=C(C)C)cc1)C(=O)CO)[C@@](O)(CC(=O)CO)C(=O)O. The van der Waals surface area contributed by atoms with Gasteiger partial charge in [0.25, 0.3) is 0 Å². The van der Waals surface area contributed by atoms with Crippen LogP contribution in [-0.2, 0) is 30.4 Å². The minimum Gasteiger partial charge on any atom is -0.490 e. The molecule has 3 atom stereocenters. The molecule has 11 nitrogen and oxygen atoms in total. The molecular weight excluding hydrogens is 630 g/mol. The molecule has 5 N–H and O–H groups in total. The number of hydrogen-bond donors (Lipinski definition) is 5. The molecule has 1 amide bonds. The highest BCUT2D eigenvalue weighted by Gasteiger charge is 2.48. The van der Waals surface area contributed by atoms with Crippen molar-refractivity contribution >= 4 is 29.2 Å². The Kier molecular flexibility index (Phi) is 21.6. The molecule has 1 rings (SSSR count). The molecule has 0 spiro atoms. The van der Waals surface area contributed by atoms with Gasteiger partial charge in [-0.2, -0.15) is 0 Å². The van der Waals surface area contributed by atoms with Crippen LogP contribution in [0.15, 0.2) is 48.1 Å². The van der Waals surface area contributed by atoms with Crippen molar-refractivity contribution < 1.29 is 49.1 Å². The van der Waals surface area contributed by atoms with E-state index in [-0.39, 0.29) is 12.2 Å². The molecule has 0 aliphatic carbocycles. The highest BCUT2D eigenvalue weighted by atomic mass is 16.5. The van der Waals surface area contributed by atoms with Crippen molar-refractivity contribution in [2.45, 2.75) is 122 Å². The van der Waals surface area contributed by atoms with Gasteiger partial charge >= 0.3 is 5.97 Å². The summed E-state index contributed by atoms with van der Waals surface area (Å²) in [6.45, 7) is 4.50. The molecule has 0 saturated carbocycles. The minimum atomic E-state index is -2.91. The first-order valence-corrected chi connectivity index (χ1v) is 17.4. The van der Waals surface area contributed by atoms with E-state index < -0.39 is 60.6 Å². The number of aliphatic hydroxyl groups excluding tert-OH is 2. The van der Waals surface area contributed by atoms with Gasteiger partial charge in [-0.1, -0.05) is 75.3 Å². The summed E-state index contributed by atoms with van der Waals surface area (Å²) in [5, 5.41) is 42.4. The summed E-state index contributed by atoms with van der Waals surface area (Å²) < 4.78 is 5.65. The number of nitrogens with one attached hydrogen (secondary N) is 1. The Hall–Kier alpha value is -3.67. The van der Waals surface area contributed by atoms with Gasteiger partial charge in [-0.3, -0.25) is 19.2 Å². The Bertz CT molecular complexity index is 1240. The zero-order valence-corrected chi connectivity index (χ0v) is 29.5. The van der Waals surface area contributed by atoms with Crippen LogP contribution in [0.1, 0.15) is 110 Å². The van der Waals surface area contributed by atoms with E-state index in [4.69, 9.17) is 4.74 Å². The second kappa shape index (κ2) is 24.5. The molecule has 0 aromatic heterocycles. The van der Waals surface area contributed by atoms with Crippen molar-refractivity contribution in [2.75, 3.05) is 19.8 Å². The Labute approximate surface area is 290 Å². The van der Waals surface area contributed by atoms with Gasteiger partial charge in [0, 0.05) is 19.3 Å². The van der Waals surface area contributed by atoms with Crippen LogP contribution >= 0.6 is 0 Å². The van der Waals surface area contributed by atoms with Gasteiger partial charge in [-0.15, -0.1) is 0 Å². The summed E-state index contributed by atoms with van der Waals surface area (Å²) in [6.07, 6.45) is 13.8. The van der Waals surface area contributed by atoms with Crippen LogP contribution in [-0.4, -0.2) is 81.1 Å². The highest BCUT2D eigenvalue weighted by molar-refractivity contribution is 5.97. The number of carboxylic acid groups (broad SMARTS) is 1. The highest BCUT2D eigenvalue weighted by Crippen LogP contribution is 2.26. The number of ether oxygens (including phenoxy) is 1. The Morgan fingerprint density at radius 1 is 0.857 bits per heavy atom. The van der Waals surface area contributed by atoms with E-state index in [1.54, 1.807) is 30.3 Å². The van der Waals surface area contributed by atoms with Crippen molar-refractivity contribution in [2.24, 2.45) is 5.92 Å². The fourth-order valence-electron chi connectivity index (χ4n) is 5.24. The summed E-state index contributed by atoms with van der Waals surface area (Å²) in [6, 6.07) is 5.50. The number of allylic oxidation sites excluding steroid dienone is 2. The van der Waals surface area contributed by atoms with E-state index in [1.165, 1.54) is 12.5 Å². The standard InChI is InChI=1S/C38H57NO10/c1-4-5-6-9-12-15-30(42)16-13-10-7-8-11-14-17-33(38(48,37(46)47)25-31(43)26-40)36(45)39-34(35(44)27-41)24-29-18-20-32(21-19-29)49-23-22-28(2)3/h14,17-22,33-34,40-41,48H,4-13,15-16,23-27H2,1-3H3,(H,39,45)(H,46,47)/b17-14+/t33-,34+,38+/m1/s1. The van der Waals surface area contributed by atoms with E-state index in [2.05, 4.69) is 12.2 Å². The number of ketones is 3. The topological polar surface area (TPSA) is 188 Å². The quantitative estimate of drug-likeness (QED) is 0.0603. The van der Waals surface area contributed by atoms with Gasteiger partial charge in [0.15, 0.2) is 17.2 Å². The average Bonchev–Trinajstić information content (AvgIpc) is 3.07. The third-order valence-electron chi connectivity index (χ3n) is 8.24. The molecule has 274 valence electrons. The number of hydrogen-bond acceptors (Lipinski definition) is 9. The minimum absolute atomic E-state index is 0.0434. The second-order valence-corrected chi connectivity index (χ2v) is 12.8. The first kappa shape index (κ1) is 43.4. The smallest absolute Gasteiger partial charge is 0.337 e. The molecule has 0 fully saturated rings. The summed E-state index contributed by atoms with van der Waals surface area (Å²) in [5.74, 6) is -5.54. The number of carbonyl (C=O) groups excluding carboxylic acids is 4. The molecule has 1 aromatic carbocycles. The van der Waals surface area contributed by atoms with Crippen LogP contribution in [0.2, 0.25) is 0 Å². The molecule has 1 aromatic rings. The lowest BCUT2D eigenvalue weighted by Gasteiger charge is -2.30. The number of rotatable bonds is 28. The van der Waals surface area contributed by atoms with Crippen LogP contribution in [0.4, 0.5) is 0 Å². The lowest BCUT2D eigenvalue weighted by Crippen LogP contribution is -2.55. The van der Waals surface area contributed by atoms with Crippen LogP contribution in [0.25, 0.3) is 0 Å². The van der Waals surface area contributed by atoms with E-state index in [0.717, 1.165) is 50.5 Å². The van der Waals surface area contributed by atoms with Gasteiger partial charge in [0.1, 0.15) is 31.4 Å². The van der Waals surface area contributed by atoms with Gasteiger partial charge in [0.2, 0.25) is 5.91 Å². The van der Waals surface area contributed by atoms with E-state index >= 15 is 0 Å². The normalized spacial score (nSPS) is 13.7. The Balaban J connectivity index is 2.94. The van der Waals surface area contributed by atoms with Gasteiger partial charge in [-0.05, 0) is 69.7 Å². The van der Waals surface area contributed by atoms with Crippen LogP contribution in [0.5, 0.6) is 5.75 Å². The van der Waals surface area contributed by atoms with Gasteiger partial charge in [0.05, 0.1) is 12.0 Å². The number of aliphatic carboxylic acids is 1. The molecule has 0 saturated heterocycles. The van der Waals surface area contributed by atoms with Gasteiger partial charge in [-0.25, -0.2) is 4.79 Å². The van der Waals surface area contributed by atoms with Gasteiger partial charge < -0.3 is 30.5 Å². The lowest BCUT2D eigenvalue weighted by atomic mass is 9.81. The fraction of sp³-hybridized carbons (Fsp3) is 0.605. The van der Waals surface area contributed by atoms with Crippen LogP contribution in [0, 0.1) is 5.92 Å². The number of unbranched alkanes of at least 4 members (excludes halogenated alkanes) is 8. The molecule has 0 bridgehead atoms. The molecule has 0 aliphatic rings. The maximum absolute atomic E-state index is 13.6. The monoisotopic (exact) mass is 687 g/mol. The predicted molar refractivity (Wildman–Crippen MR) is 187 cm³/mol. The third-order valence-corrected chi connectivity index (χ3v) is 8.24. The number of amides is 1. The Morgan fingerprint density at radius 3 is 2.02 bits per heavy atom. The van der Waals surface area contributed by atoms with Crippen LogP contribution < -0.4 is 10.1 Å². The average molecular weight is 688 g/mol. The number of carbonyl (C=O) groups is 5. The van der Waals surface area contributed by atoms with Crippen molar-refractivity contribution in [3.8, 4) is 5.75 Å². The molecule has 0 aliphatic heterocycles. The largest absolute Gasteiger partial charge is 0.490 e.